The van der Waals surface area contributed by atoms with Crippen LogP contribution >= 0.6 is 0 Å². The SMILES string of the molecule is CCC(NC(=O)c1cc(C)nc2ccccc12)C(=O)O. The molecule has 0 saturated heterocycles. The van der Waals surface area contributed by atoms with Gasteiger partial charge in [0.1, 0.15) is 6.04 Å². The lowest BCUT2D eigenvalue weighted by Crippen LogP contribution is -2.40. The van der Waals surface area contributed by atoms with Crippen molar-refractivity contribution >= 4 is 22.8 Å². The number of nitrogens with zero attached hydrogens (tertiary/aromatic N) is 1. The van der Waals surface area contributed by atoms with Crippen LogP contribution in [0.3, 0.4) is 0 Å². The number of carboxylic acids is 1. The van der Waals surface area contributed by atoms with Crippen molar-refractivity contribution in [3.8, 4) is 0 Å². The van der Waals surface area contributed by atoms with Gasteiger partial charge in [0.15, 0.2) is 0 Å². The largest absolute Gasteiger partial charge is 0.480 e. The summed E-state index contributed by atoms with van der Waals surface area (Å²) >= 11 is 0. The maximum absolute atomic E-state index is 12.3. The van der Waals surface area contributed by atoms with E-state index in [0.29, 0.717) is 12.0 Å². The minimum Gasteiger partial charge on any atom is -0.480 e. The fourth-order valence-corrected chi connectivity index (χ4v) is 2.07. The van der Waals surface area contributed by atoms with Crippen LogP contribution in [-0.4, -0.2) is 28.0 Å². The van der Waals surface area contributed by atoms with Crippen LogP contribution < -0.4 is 5.32 Å². The molecule has 0 bridgehead atoms. The molecule has 0 aliphatic heterocycles. The number of hydrogen-bond donors (Lipinski definition) is 2. The average Bonchev–Trinajstić information content (AvgIpc) is 2.43. The monoisotopic (exact) mass is 272 g/mol. The van der Waals surface area contributed by atoms with Gasteiger partial charge in [-0.05, 0) is 25.5 Å². The third kappa shape index (κ3) is 2.77. The van der Waals surface area contributed by atoms with Crippen molar-refractivity contribution in [3.63, 3.8) is 0 Å². The molecule has 2 N–H and O–H groups in total. The minimum absolute atomic E-state index is 0.336. The summed E-state index contributed by atoms with van der Waals surface area (Å²) in [5, 5.41) is 12.3. The molecule has 0 aliphatic rings. The zero-order valence-electron chi connectivity index (χ0n) is 11.4. The second-order valence-corrected chi connectivity index (χ2v) is 4.60. The summed E-state index contributed by atoms with van der Waals surface area (Å²) in [6.45, 7) is 3.52. The van der Waals surface area contributed by atoms with Crippen LogP contribution in [0, 0.1) is 6.92 Å². The van der Waals surface area contributed by atoms with Crippen molar-refractivity contribution in [2.45, 2.75) is 26.3 Å². The summed E-state index contributed by atoms with van der Waals surface area (Å²) in [5.74, 6) is -1.42. The molecular weight excluding hydrogens is 256 g/mol. The number of carbonyl (C=O) groups excluding carboxylic acids is 1. The van der Waals surface area contributed by atoms with Gasteiger partial charge in [0.25, 0.3) is 5.91 Å². The van der Waals surface area contributed by atoms with Gasteiger partial charge in [-0.25, -0.2) is 4.79 Å². The molecule has 1 aromatic heterocycles. The topological polar surface area (TPSA) is 79.3 Å². The van der Waals surface area contributed by atoms with Crippen molar-refractivity contribution < 1.29 is 14.7 Å². The molecular formula is C15H16N2O3. The van der Waals surface area contributed by atoms with Crippen molar-refractivity contribution in [3.05, 3.63) is 41.6 Å². The molecule has 104 valence electrons. The summed E-state index contributed by atoms with van der Waals surface area (Å²) in [4.78, 5) is 27.6. The van der Waals surface area contributed by atoms with Crippen LogP contribution in [0.2, 0.25) is 0 Å². The van der Waals surface area contributed by atoms with Gasteiger partial charge in [-0.15, -0.1) is 0 Å². The molecule has 1 unspecified atom stereocenters. The number of nitrogens with one attached hydrogen (secondary N) is 1. The van der Waals surface area contributed by atoms with Gasteiger partial charge in [-0.2, -0.15) is 0 Å². The maximum atomic E-state index is 12.3. The van der Waals surface area contributed by atoms with E-state index in [1.165, 1.54) is 0 Å². The van der Waals surface area contributed by atoms with Gasteiger partial charge >= 0.3 is 5.97 Å². The number of carbonyl (C=O) groups is 2. The molecule has 1 amide bonds. The molecule has 0 saturated carbocycles. The number of carboxylic acid groups (broad SMARTS) is 1. The molecule has 1 aromatic carbocycles. The van der Waals surface area contributed by atoms with Gasteiger partial charge in [0, 0.05) is 11.1 Å². The Labute approximate surface area is 116 Å². The highest BCUT2D eigenvalue weighted by Gasteiger charge is 2.20. The molecule has 5 heteroatoms. The van der Waals surface area contributed by atoms with E-state index in [1.54, 1.807) is 26.0 Å². The highest BCUT2D eigenvalue weighted by atomic mass is 16.4. The van der Waals surface area contributed by atoms with E-state index in [-0.39, 0.29) is 5.91 Å². The number of aliphatic carboxylic acids is 1. The zero-order chi connectivity index (χ0) is 14.7. The molecule has 0 spiro atoms. The van der Waals surface area contributed by atoms with Crippen molar-refractivity contribution in [1.82, 2.24) is 10.3 Å². The molecule has 2 aromatic rings. The van der Waals surface area contributed by atoms with Crippen molar-refractivity contribution in [2.75, 3.05) is 0 Å². The summed E-state index contributed by atoms with van der Waals surface area (Å²) in [6, 6.07) is 8.10. The molecule has 20 heavy (non-hydrogen) atoms. The van der Waals surface area contributed by atoms with Crippen LogP contribution in [0.4, 0.5) is 0 Å². The van der Waals surface area contributed by atoms with Crippen LogP contribution in [-0.2, 0) is 4.79 Å². The first kappa shape index (κ1) is 14.0. The van der Waals surface area contributed by atoms with Crippen molar-refractivity contribution in [1.29, 1.82) is 0 Å². The van der Waals surface area contributed by atoms with Crippen LogP contribution in [0.5, 0.6) is 0 Å². The first-order valence-corrected chi connectivity index (χ1v) is 6.43. The normalized spacial score (nSPS) is 12.1. The van der Waals surface area contributed by atoms with E-state index in [0.717, 1.165) is 16.6 Å². The maximum Gasteiger partial charge on any atom is 0.326 e. The Hall–Kier alpha value is -2.43. The van der Waals surface area contributed by atoms with Crippen LogP contribution in [0.1, 0.15) is 29.4 Å². The Morgan fingerprint density at radius 2 is 2.05 bits per heavy atom. The lowest BCUT2D eigenvalue weighted by atomic mass is 10.1. The van der Waals surface area contributed by atoms with Gasteiger partial charge in [0.2, 0.25) is 0 Å². The van der Waals surface area contributed by atoms with E-state index >= 15 is 0 Å². The zero-order valence-corrected chi connectivity index (χ0v) is 11.4. The number of benzene rings is 1. The smallest absolute Gasteiger partial charge is 0.326 e. The van der Waals surface area contributed by atoms with E-state index in [2.05, 4.69) is 10.3 Å². The number of pyridine rings is 1. The predicted octanol–water partition coefficient (Wildman–Crippen LogP) is 2.14. The summed E-state index contributed by atoms with van der Waals surface area (Å²) in [7, 11) is 0. The summed E-state index contributed by atoms with van der Waals surface area (Å²) < 4.78 is 0. The van der Waals surface area contributed by atoms with Crippen LogP contribution in [0.25, 0.3) is 10.9 Å². The molecule has 0 fully saturated rings. The Bertz CT molecular complexity index is 667. The second kappa shape index (κ2) is 5.69. The van der Waals surface area contributed by atoms with E-state index < -0.39 is 12.0 Å². The van der Waals surface area contributed by atoms with E-state index in [4.69, 9.17) is 5.11 Å². The van der Waals surface area contributed by atoms with Gasteiger partial charge in [-0.1, -0.05) is 25.1 Å². The Morgan fingerprint density at radius 3 is 2.70 bits per heavy atom. The first-order chi connectivity index (χ1) is 9.52. The van der Waals surface area contributed by atoms with E-state index in [1.807, 2.05) is 18.2 Å². The third-order valence-electron chi connectivity index (χ3n) is 3.10. The van der Waals surface area contributed by atoms with Gasteiger partial charge < -0.3 is 10.4 Å². The minimum atomic E-state index is -1.03. The quantitative estimate of drug-likeness (QED) is 0.893. The summed E-state index contributed by atoms with van der Waals surface area (Å²) in [6.07, 6.45) is 0.336. The highest BCUT2D eigenvalue weighted by Crippen LogP contribution is 2.18. The fraction of sp³-hybridized carbons (Fsp3) is 0.267. The number of fused-ring (bicyclic) bond motifs is 1. The van der Waals surface area contributed by atoms with Crippen molar-refractivity contribution in [2.24, 2.45) is 0 Å². The molecule has 5 nitrogen and oxygen atoms in total. The number of hydrogen-bond acceptors (Lipinski definition) is 3. The summed E-state index contributed by atoms with van der Waals surface area (Å²) in [5.41, 5.74) is 1.89. The Balaban J connectivity index is 2.41. The third-order valence-corrected chi connectivity index (χ3v) is 3.10. The van der Waals surface area contributed by atoms with Crippen LogP contribution in [0.15, 0.2) is 30.3 Å². The predicted molar refractivity (Wildman–Crippen MR) is 75.7 cm³/mol. The lowest BCUT2D eigenvalue weighted by molar-refractivity contribution is -0.139. The number of amides is 1. The molecule has 0 radical (unpaired) electrons. The molecule has 2 rings (SSSR count). The Morgan fingerprint density at radius 1 is 1.35 bits per heavy atom. The number of rotatable bonds is 4. The number of aromatic nitrogens is 1. The molecule has 1 atom stereocenters. The van der Waals surface area contributed by atoms with Gasteiger partial charge in [-0.3, -0.25) is 9.78 Å². The molecule has 0 aliphatic carbocycles. The Kier molecular flexibility index (Phi) is 3.98. The number of aryl methyl sites for hydroxylation is 1. The molecule has 1 heterocycles. The van der Waals surface area contributed by atoms with Gasteiger partial charge in [0.05, 0.1) is 11.1 Å². The first-order valence-electron chi connectivity index (χ1n) is 6.43. The second-order valence-electron chi connectivity index (χ2n) is 4.60. The lowest BCUT2D eigenvalue weighted by Gasteiger charge is -2.13. The highest BCUT2D eigenvalue weighted by molar-refractivity contribution is 6.07. The van der Waals surface area contributed by atoms with E-state index in [9.17, 15) is 9.59 Å². The number of para-hydroxylation sites is 1. The fourth-order valence-electron chi connectivity index (χ4n) is 2.07. The average molecular weight is 272 g/mol. The standard InChI is InChI=1S/C15H16N2O3/c1-3-12(15(19)20)17-14(18)11-8-9(2)16-13-7-5-4-6-10(11)13/h4-8,12H,3H2,1-2H3,(H,17,18)(H,19,20).